The van der Waals surface area contributed by atoms with Gasteiger partial charge in [-0.15, -0.1) is 0 Å². The summed E-state index contributed by atoms with van der Waals surface area (Å²) in [5.41, 5.74) is 2.07. The summed E-state index contributed by atoms with van der Waals surface area (Å²) in [6, 6.07) is 9.18. The Kier molecular flexibility index (Phi) is 3.94. The summed E-state index contributed by atoms with van der Waals surface area (Å²) in [5.74, 6) is 5.38. The van der Waals surface area contributed by atoms with E-state index in [1.54, 1.807) is 12.1 Å². The molecule has 0 heterocycles. The molecule has 4 nitrogen and oxygen atoms in total. The minimum atomic E-state index is -0.526. The maximum Gasteiger partial charge on any atom is 0.274 e. The van der Waals surface area contributed by atoms with Crippen LogP contribution in [0.15, 0.2) is 30.3 Å². The molecule has 0 aromatic heterocycles. The Labute approximate surface area is 83.0 Å². The fourth-order valence-corrected chi connectivity index (χ4v) is 1.08. The van der Waals surface area contributed by atoms with Gasteiger partial charge in [0, 0.05) is 0 Å². The Morgan fingerprint density at radius 2 is 2.14 bits per heavy atom. The maximum atomic E-state index is 11.2. The third-order valence-corrected chi connectivity index (χ3v) is 1.83. The normalized spacial score (nSPS) is 11.9. The van der Waals surface area contributed by atoms with Gasteiger partial charge >= 0.3 is 0 Å². The zero-order valence-corrected chi connectivity index (χ0v) is 8.07. The van der Waals surface area contributed by atoms with Gasteiger partial charge in [-0.25, -0.2) is 5.84 Å². The lowest BCUT2D eigenvalue weighted by molar-refractivity contribution is -0.128. The third-order valence-electron chi connectivity index (χ3n) is 1.83. The van der Waals surface area contributed by atoms with Gasteiger partial charge in [0.25, 0.3) is 5.91 Å². The van der Waals surface area contributed by atoms with Crippen LogP contribution in [-0.2, 0) is 4.79 Å². The van der Waals surface area contributed by atoms with Crippen molar-refractivity contribution in [2.24, 2.45) is 5.84 Å². The molecule has 76 valence electrons. The molecule has 0 aliphatic carbocycles. The molecule has 0 radical (unpaired) electrons. The second kappa shape index (κ2) is 5.24. The van der Waals surface area contributed by atoms with E-state index >= 15 is 0 Å². The molecule has 1 aromatic carbocycles. The summed E-state index contributed by atoms with van der Waals surface area (Å²) >= 11 is 0. The van der Waals surface area contributed by atoms with Crippen LogP contribution in [0.2, 0.25) is 0 Å². The number of benzene rings is 1. The van der Waals surface area contributed by atoms with Gasteiger partial charge in [-0.2, -0.15) is 0 Å². The van der Waals surface area contributed by atoms with Crippen LogP contribution in [0, 0.1) is 0 Å². The van der Waals surface area contributed by atoms with Crippen molar-refractivity contribution in [3.8, 4) is 5.75 Å². The molecule has 14 heavy (non-hydrogen) atoms. The second-order valence-electron chi connectivity index (χ2n) is 2.84. The van der Waals surface area contributed by atoms with E-state index in [-0.39, 0.29) is 5.91 Å². The molecule has 0 aliphatic rings. The minimum Gasteiger partial charge on any atom is -0.481 e. The van der Waals surface area contributed by atoms with Gasteiger partial charge in [-0.3, -0.25) is 10.2 Å². The van der Waals surface area contributed by atoms with Gasteiger partial charge in [0.1, 0.15) is 5.75 Å². The fraction of sp³-hybridized carbons (Fsp3) is 0.300. The highest BCUT2D eigenvalue weighted by Gasteiger charge is 2.16. The van der Waals surface area contributed by atoms with E-state index in [0.717, 1.165) is 0 Å². The number of ether oxygens (including phenoxy) is 1. The molecule has 1 atom stereocenters. The van der Waals surface area contributed by atoms with Crippen LogP contribution in [0.25, 0.3) is 0 Å². The first-order valence-electron chi connectivity index (χ1n) is 4.50. The molecule has 1 aromatic rings. The molecule has 0 unspecified atom stereocenters. The number of para-hydroxylation sites is 1. The fourth-order valence-electron chi connectivity index (χ4n) is 1.08. The van der Waals surface area contributed by atoms with Crippen LogP contribution in [0.1, 0.15) is 13.3 Å². The number of hydrogen-bond donors (Lipinski definition) is 2. The van der Waals surface area contributed by atoms with Crippen LogP contribution in [0.4, 0.5) is 0 Å². The van der Waals surface area contributed by atoms with Crippen molar-refractivity contribution in [2.45, 2.75) is 19.4 Å². The molecule has 0 spiro atoms. The highest BCUT2D eigenvalue weighted by atomic mass is 16.5. The summed E-state index contributed by atoms with van der Waals surface area (Å²) in [6.45, 7) is 1.86. The van der Waals surface area contributed by atoms with Gasteiger partial charge in [0.2, 0.25) is 0 Å². The Balaban J connectivity index is 2.62. The van der Waals surface area contributed by atoms with E-state index in [0.29, 0.717) is 12.2 Å². The topological polar surface area (TPSA) is 64.3 Å². The van der Waals surface area contributed by atoms with Gasteiger partial charge in [-0.05, 0) is 18.6 Å². The monoisotopic (exact) mass is 194 g/mol. The molecule has 0 aliphatic heterocycles. The summed E-state index contributed by atoms with van der Waals surface area (Å²) in [6.07, 6.45) is 0.0557. The third kappa shape index (κ3) is 2.74. The lowest BCUT2D eigenvalue weighted by Crippen LogP contribution is -2.41. The highest BCUT2D eigenvalue weighted by Crippen LogP contribution is 2.12. The largest absolute Gasteiger partial charge is 0.481 e. The number of rotatable bonds is 4. The molecule has 0 saturated carbocycles. The number of nitrogens with one attached hydrogen (secondary N) is 1. The van der Waals surface area contributed by atoms with E-state index < -0.39 is 6.10 Å². The second-order valence-corrected chi connectivity index (χ2v) is 2.84. The molecule has 4 heteroatoms. The molecule has 1 amide bonds. The first kappa shape index (κ1) is 10.5. The smallest absolute Gasteiger partial charge is 0.274 e. The van der Waals surface area contributed by atoms with Crippen LogP contribution in [0.3, 0.4) is 0 Å². The highest BCUT2D eigenvalue weighted by molar-refractivity contribution is 5.80. The van der Waals surface area contributed by atoms with Gasteiger partial charge in [0.05, 0.1) is 0 Å². The number of hydrazine groups is 1. The van der Waals surface area contributed by atoms with Gasteiger partial charge < -0.3 is 4.74 Å². The minimum absolute atomic E-state index is 0.309. The summed E-state index contributed by atoms with van der Waals surface area (Å²) < 4.78 is 5.42. The average molecular weight is 194 g/mol. The Morgan fingerprint density at radius 3 is 2.64 bits per heavy atom. The summed E-state index contributed by atoms with van der Waals surface area (Å²) in [4.78, 5) is 11.2. The summed E-state index contributed by atoms with van der Waals surface area (Å²) in [7, 11) is 0. The van der Waals surface area contributed by atoms with E-state index in [1.165, 1.54) is 0 Å². The number of carbonyl (C=O) groups excluding carboxylic acids is 1. The van der Waals surface area contributed by atoms with Gasteiger partial charge in [-0.1, -0.05) is 25.1 Å². The molecule has 0 bridgehead atoms. The zero-order valence-electron chi connectivity index (χ0n) is 8.07. The first-order valence-corrected chi connectivity index (χ1v) is 4.50. The van der Waals surface area contributed by atoms with E-state index in [4.69, 9.17) is 10.6 Å². The van der Waals surface area contributed by atoms with Crippen molar-refractivity contribution in [3.63, 3.8) is 0 Å². The number of amides is 1. The lowest BCUT2D eigenvalue weighted by Gasteiger charge is -2.15. The van der Waals surface area contributed by atoms with Crippen LogP contribution in [-0.4, -0.2) is 12.0 Å². The Morgan fingerprint density at radius 1 is 1.50 bits per heavy atom. The molecule has 1 rings (SSSR count). The van der Waals surface area contributed by atoms with E-state index in [1.807, 2.05) is 25.1 Å². The van der Waals surface area contributed by atoms with Crippen molar-refractivity contribution in [1.82, 2.24) is 5.43 Å². The van der Waals surface area contributed by atoms with Gasteiger partial charge in [0.15, 0.2) is 6.10 Å². The maximum absolute atomic E-state index is 11.2. The van der Waals surface area contributed by atoms with Crippen LogP contribution >= 0.6 is 0 Å². The average Bonchev–Trinajstić information content (AvgIpc) is 2.26. The van der Waals surface area contributed by atoms with Crippen LogP contribution < -0.4 is 16.0 Å². The zero-order chi connectivity index (χ0) is 10.4. The first-order chi connectivity index (χ1) is 6.77. The van der Waals surface area contributed by atoms with Crippen molar-refractivity contribution >= 4 is 5.91 Å². The van der Waals surface area contributed by atoms with Crippen LogP contribution in [0.5, 0.6) is 5.75 Å². The molecule has 0 saturated heterocycles. The number of hydrogen-bond acceptors (Lipinski definition) is 3. The van der Waals surface area contributed by atoms with Crippen molar-refractivity contribution in [1.29, 1.82) is 0 Å². The molecular weight excluding hydrogens is 180 g/mol. The Bertz CT molecular complexity index is 287. The Hall–Kier alpha value is -1.55. The number of carbonyl (C=O) groups is 1. The standard InChI is InChI=1S/C10H14N2O2/c1-2-9(10(13)12-11)14-8-6-4-3-5-7-8/h3-7,9H,2,11H2,1H3,(H,12,13)/t9-/m0/s1. The predicted octanol–water partition coefficient (Wildman–Crippen LogP) is 0.834. The SMILES string of the molecule is CC[C@H](Oc1ccccc1)C(=O)NN. The van der Waals surface area contributed by atoms with Crippen molar-refractivity contribution in [2.75, 3.05) is 0 Å². The lowest BCUT2D eigenvalue weighted by atomic mass is 10.2. The number of nitrogens with two attached hydrogens (primary N) is 1. The molecule has 3 N–H and O–H groups in total. The summed E-state index contributed by atoms with van der Waals surface area (Å²) in [5, 5.41) is 0. The quantitative estimate of drug-likeness (QED) is 0.424. The molecule has 0 fully saturated rings. The van der Waals surface area contributed by atoms with Crippen molar-refractivity contribution < 1.29 is 9.53 Å². The molecular formula is C10H14N2O2. The van der Waals surface area contributed by atoms with E-state index in [9.17, 15) is 4.79 Å². The van der Waals surface area contributed by atoms with E-state index in [2.05, 4.69) is 5.43 Å². The predicted molar refractivity (Wildman–Crippen MR) is 53.5 cm³/mol. The van der Waals surface area contributed by atoms with Crippen molar-refractivity contribution in [3.05, 3.63) is 30.3 Å².